The molecule has 2 atom stereocenters. The second-order valence-corrected chi connectivity index (χ2v) is 6.64. The summed E-state index contributed by atoms with van der Waals surface area (Å²) in [4.78, 5) is 12.1. The number of hydrogen-bond acceptors (Lipinski definition) is 1. The SMILES string of the molecule is C#CCCC(C)CCC(C(=O)CBr)c1cccc(Br)c1F. The van der Waals surface area contributed by atoms with E-state index in [2.05, 4.69) is 44.7 Å². The molecule has 0 aliphatic heterocycles. The first-order chi connectivity index (χ1) is 10.0. The molecule has 0 aliphatic carbocycles. The van der Waals surface area contributed by atoms with E-state index in [1.807, 2.05) is 0 Å². The molecule has 21 heavy (non-hydrogen) atoms. The van der Waals surface area contributed by atoms with Crippen molar-refractivity contribution in [2.24, 2.45) is 5.92 Å². The van der Waals surface area contributed by atoms with Crippen LogP contribution < -0.4 is 0 Å². The monoisotopic (exact) mass is 416 g/mol. The number of rotatable bonds is 8. The molecule has 1 nitrogen and oxygen atoms in total. The third-order valence-corrected chi connectivity index (χ3v) is 4.77. The summed E-state index contributed by atoms with van der Waals surface area (Å²) in [5, 5.41) is 0.238. The molecule has 0 aliphatic rings. The first-order valence-electron chi connectivity index (χ1n) is 6.97. The minimum absolute atomic E-state index is 0.0103. The van der Waals surface area contributed by atoms with E-state index in [9.17, 15) is 9.18 Å². The van der Waals surface area contributed by atoms with Crippen molar-refractivity contribution in [3.8, 4) is 12.3 Å². The topological polar surface area (TPSA) is 17.1 Å². The van der Waals surface area contributed by atoms with Crippen LogP contribution in [0.2, 0.25) is 0 Å². The van der Waals surface area contributed by atoms with Crippen molar-refractivity contribution in [1.82, 2.24) is 0 Å². The maximum atomic E-state index is 14.2. The lowest BCUT2D eigenvalue weighted by Gasteiger charge is -2.18. The van der Waals surface area contributed by atoms with Crippen molar-refractivity contribution >= 4 is 37.6 Å². The van der Waals surface area contributed by atoms with Gasteiger partial charge in [0.2, 0.25) is 0 Å². The van der Waals surface area contributed by atoms with Crippen molar-refractivity contribution in [3.05, 3.63) is 34.1 Å². The molecule has 0 N–H and O–H groups in total. The molecule has 0 radical (unpaired) electrons. The van der Waals surface area contributed by atoms with Crippen LogP contribution in [0, 0.1) is 24.1 Å². The van der Waals surface area contributed by atoms with Gasteiger partial charge in [-0.15, -0.1) is 12.3 Å². The molecular formula is C17H19Br2FO. The highest BCUT2D eigenvalue weighted by atomic mass is 79.9. The van der Waals surface area contributed by atoms with Crippen molar-refractivity contribution in [2.45, 2.75) is 38.5 Å². The molecule has 0 saturated heterocycles. The summed E-state index contributed by atoms with van der Waals surface area (Å²) in [6.07, 6.45) is 8.44. The van der Waals surface area contributed by atoms with Crippen LogP contribution in [-0.2, 0) is 4.79 Å². The molecule has 0 amide bonds. The number of ketones is 1. The van der Waals surface area contributed by atoms with Gasteiger partial charge in [0, 0.05) is 12.3 Å². The van der Waals surface area contributed by atoms with Gasteiger partial charge in [-0.2, -0.15) is 0 Å². The Bertz CT molecular complexity index is 522. The van der Waals surface area contributed by atoms with E-state index in [1.165, 1.54) is 0 Å². The predicted molar refractivity (Wildman–Crippen MR) is 92.1 cm³/mol. The average molecular weight is 418 g/mol. The van der Waals surface area contributed by atoms with Crippen LogP contribution in [0.25, 0.3) is 0 Å². The summed E-state index contributed by atoms with van der Waals surface area (Å²) in [6, 6.07) is 5.10. The Morgan fingerprint density at radius 1 is 1.38 bits per heavy atom. The highest BCUT2D eigenvalue weighted by molar-refractivity contribution is 9.10. The average Bonchev–Trinajstić information content (AvgIpc) is 2.48. The van der Waals surface area contributed by atoms with Crippen molar-refractivity contribution in [3.63, 3.8) is 0 Å². The van der Waals surface area contributed by atoms with E-state index >= 15 is 0 Å². The van der Waals surface area contributed by atoms with E-state index in [0.717, 1.165) is 19.3 Å². The number of halogens is 3. The minimum Gasteiger partial charge on any atom is -0.298 e. The standard InChI is InChI=1S/C17H19Br2FO/c1-3-4-6-12(2)9-10-13(16(21)11-18)14-7-5-8-15(19)17(14)20/h1,5,7-8,12-13H,4,6,9-11H2,2H3. The second kappa shape index (κ2) is 9.38. The van der Waals surface area contributed by atoms with Crippen LogP contribution in [0.5, 0.6) is 0 Å². The zero-order valence-corrected chi connectivity index (χ0v) is 15.2. The molecule has 1 rings (SSSR count). The summed E-state index contributed by atoms with van der Waals surface area (Å²) < 4.78 is 14.6. The van der Waals surface area contributed by atoms with Crippen LogP contribution in [0.1, 0.15) is 44.1 Å². The molecular weight excluding hydrogens is 399 g/mol. The molecule has 0 aromatic heterocycles. The molecule has 0 saturated carbocycles. The number of terminal acetylenes is 1. The van der Waals surface area contributed by atoms with Crippen LogP contribution in [0.15, 0.2) is 22.7 Å². The fraction of sp³-hybridized carbons (Fsp3) is 0.471. The maximum Gasteiger partial charge on any atom is 0.150 e. The summed E-state index contributed by atoms with van der Waals surface area (Å²) in [5.74, 6) is 2.32. The van der Waals surface area contributed by atoms with Gasteiger partial charge in [-0.05, 0) is 52.7 Å². The fourth-order valence-corrected chi connectivity index (χ4v) is 3.07. The lowest BCUT2D eigenvalue weighted by molar-refractivity contribution is -0.118. The van der Waals surface area contributed by atoms with E-state index in [4.69, 9.17) is 6.42 Å². The van der Waals surface area contributed by atoms with Gasteiger partial charge in [-0.1, -0.05) is 35.0 Å². The number of carbonyl (C=O) groups is 1. The highest BCUT2D eigenvalue weighted by Crippen LogP contribution is 2.31. The third-order valence-electron chi connectivity index (χ3n) is 3.61. The molecule has 0 heterocycles. The Labute approximate surface area is 143 Å². The van der Waals surface area contributed by atoms with Crippen LogP contribution in [-0.4, -0.2) is 11.1 Å². The van der Waals surface area contributed by atoms with Gasteiger partial charge in [0.25, 0.3) is 0 Å². The maximum absolute atomic E-state index is 14.2. The normalized spacial score (nSPS) is 13.5. The first kappa shape index (κ1) is 18.4. The number of carbonyl (C=O) groups excluding carboxylic acids is 1. The van der Waals surface area contributed by atoms with Gasteiger partial charge in [-0.25, -0.2) is 4.39 Å². The molecule has 0 bridgehead atoms. The Hall–Kier alpha value is -0.660. The zero-order valence-electron chi connectivity index (χ0n) is 12.0. The van der Waals surface area contributed by atoms with Crippen molar-refractivity contribution < 1.29 is 9.18 Å². The van der Waals surface area contributed by atoms with Crippen LogP contribution in [0.4, 0.5) is 4.39 Å². The molecule has 1 aromatic rings. The van der Waals surface area contributed by atoms with Gasteiger partial charge in [0.1, 0.15) is 5.82 Å². The smallest absolute Gasteiger partial charge is 0.150 e. The van der Waals surface area contributed by atoms with E-state index in [0.29, 0.717) is 22.4 Å². The third kappa shape index (κ3) is 5.56. The van der Waals surface area contributed by atoms with Gasteiger partial charge in [0.15, 0.2) is 5.78 Å². The summed E-state index contributed by atoms with van der Waals surface area (Å²) in [5.41, 5.74) is 0.470. The predicted octanol–water partition coefficient (Wildman–Crippen LogP) is 5.47. The summed E-state index contributed by atoms with van der Waals surface area (Å²) in [6.45, 7) is 2.12. The lowest BCUT2D eigenvalue weighted by atomic mass is 9.87. The molecule has 0 fully saturated rings. The molecule has 114 valence electrons. The first-order valence-corrected chi connectivity index (χ1v) is 8.88. The van der Waals surface area contributed by atoms with E-state index in [-0.39, 0.29) is 16.9 Å². The van der Waals surface area contributed by atoms with Gasteiger partial charge in [0.05, 0.1) is 9.80 Å². The number of hydrogen-bond donors (Lipinski definition) is 0. The molecule has 1 aromatic carbocycles. The highest BCUT2D eigenvalue weighted by Gasteiger charge is 2.24. The Balaban J connectivity index is 2.85. The van der Waals surface area contributed by atoms with Crippen molar-refractivity contribution in [2.75, 3.05) is 5.33 Å². The minimum atomic E-state index is -0.407. The van der Waals surface area contributed by atoms with Crippen LogP contribution in [0.3, 0.4) is 0 Å². The summed E-state index contributed by atoms with van der Waals surface area (Å²) in [7, 11) is 0. The van der Waals surface area contributed by atoms with E-state index in [1.54, 1.807) is 18.2 Å². The largest absolute Gasteiger partial charge is 0.298 e. The molecule has 2 unspecified atom stereocenters. The Morgan fingerprint density at radius 2 is 2.10 bits per heavy atom. The number of benzene rings is 1. The fourth-order valence-electron chi connectivity index (χ4n) is 2.30. The van der Waals surface area contributed by atoms with E-state index < -0.39 is 5.92 Å². The van der Waals surface area contributed by atoms with Gasteiger partial charge >= 0.3 is 0 Å². The van der Waals surface area contributed by atoms with Crippen LogP contribution >= 0.6 is 31.9 Å². The van der Waals surface area contributed by atoms with Crippen molar-refractivity contribution in [1.29, 1.82) is 0 Å². The molecule has 4 heteroatoms. The zero-order chi connectivity index (χ0) is 15.8. The molecule has 0 spiro atoms. The number of alkyl halides is 1. The Kier molecular flexibility index (Phi) is 8.21. The second-order valence-electron chi connectivity index (χ2n) is 5.22. The Morgan fingerprint density at radius 3 is 2.71 bits per heavy atom. The van der Waals surface area contributed by atoms with Gasteiger partial charge < -0.3 is 0 Å². The summed E-state index contributed by atoms with van der Waals surface area (Å²) >= 11 is 6.37. The number of Topliss-reactive ketones (excluding diaryl/α,β-unsaturated/α-hetero) is 1. The quantitative estimate of drug-likeness (QED) is 0.405. The van der Waals surface area contributed by atoms with Gasteiger partial charge in [-0.3, -0.25) is 4.79 Å². The lowest BCUT2D eigenvalue weighted by Crippen LogP contribution is -2.16.